The second-order valence-corrected chi connectivity index (χ2v) is 7.47. The summed E-state index contributed by atoms with van der Waals surface area (Å²) < 4.78 is 26.4. The predicted molar refractivity (Wildman–Crippen MR) is 77.5 cm³/mol. The minimum absolute atomic E-state index is 0.134. The molecule has 7 heteroatoms. The highest BCUT2D eigenvalue weighted by Crippen LogP contribution is 2.36. The number of sulfonamides is 1. The molecule has 1 aliphatic heterocycles. The molecule has 2 heterocycles. The van der Waals surface area contributed by atoms with Crippen molar-refractivity contribution in [1.82, 2.24) is 9.97 Å². The van der Waals surface area contributed by atoms with Gasteiger partial charge in [0.15, 0.2) is 0 Å². The quantitative estimate of drug-likeness (QED) is 0.797. The second kappa shape index (κ2) is 4.42. The molecule has 0 aliphatic carbocycles. The normalized spacial score (nSPS) is 22.0. The van der Waals surface area contributed by atoms with Crippen LogP contribution < -0.4 is 4.31 Å². The first-order valence-electron chi connectivity index (χ1n) is 5.88. The zero-order chi connectivity index (χ0) is 13.6. The fraction of sp³-hybridized carbons (Fsp3) is 0.333. The largest absolute Gasteiger partial charge is 0.269 e. The molecule has 2 aromatic rings. The van der Waals surface area contributed by atoms with Gasteiger partial charge in [-0.25, -0.2) is 8.42 Å². The van der Waals surface area contributed by atoms with Crippen LogP contribution in [0.25, 0.3) is 11.0 Å². The lowest BCUT2D eigenvalue weighted by Crippen LogP contribution is -2.25. The first-order valence-corrected chi connectivity index (χ1v) is 8.29. The number of rotatable bonds is 1. The highest BCUT2D eigenvalue weighted by Gasteiger charge is 2.35. The topological polar surface area (TPSA) is 63.2 Å². The van der Waals surface area contributed by atoms with Gasteiger partial charge in [-0.1, -0.05) is 6.92 Å². The van der Waals surface area contributed by atoms with Crippen molar-refractivity contribution in [2.24, 2.45) is 5.92 Å². The number of hydrogen-bond donors (Lipinski definition) is 0. The lowest BCUT2D eigenvalue weighted by Gasteiger charge is -2.19. The zero-order valence-electron chi connectivity index (χ0n) is 10.2. The Balaban J connectivity index is 2.19. The molecule has 1 fully saturated rings. The Morgan fingerprint density at radius 1 is 1.32 bits per heavy atom. The molecule has 0 bridgehead atoms. The maximum Gasteiger partial charge on any atom is 0.235 e. The number of anilines is 1. The summed E-state index contributed by atoms with van der Waals surface area (Å²) in [5.41, 5.74) is 2.05. The van der Waals surface area contributed by atoms with Gasteiger partial charge in [0.25, 0.3) is 0 Å². The van der Waals surface area contributed by atoms with E-state index < -0.39 is 10.0 Å². The third-order valence-corrected chi connectivity index (χ3v) is 5.92. The van der Waals surface area contributed by atoms with E-state index in [0.717, 1.165) is 5.52 Å². The van der Waals surface area contributed by atoms with Crippen molar-refractivity contribution >= 4 is 42.7 Å². The molecule has 100 valence electrons. The molecule has 0 radical (unpaired) electrons. The van der Waals surface area contributed by atoms with Crippen LogP contribution in [-0.4, -0.2) is 30.7 Å². The van der Waals surface area contributed by atoms with E-state index in [2.05, 4.69) is 25.9 Å². The van der Waals surface area contributed by atoms with E-state index in [-0.39, 0.29) is 11.7 Å². The van der Waals surface area contributed by atoms with E-state index >= 15 is 0 Å². The van der Waals surface area contributed by atoms with E-state index in [0.29, 0.717) is 22.2 Å². The Morgan fingerprint density at radius 2 is 2.05 bits per heavy atom. The summed E-state index contributed by atoms with van der Waals surface area (Å²) in [7, 11) is -3.23. The number of halogens is 1. The van der Waals surface area contributed by atoms with Crippen molar-refractivity contribution in [3.8, 4) is 0 Å². The molecule has 1 atom stereocenters. The van der Waals surface area contributed by atoms with Crippen molar-refractivity contribution in [3.05, 3.63) is 29.0 Å². The third-order valence-electron chi connectivity index (χ3n) is 3.14. The van der Waals surface area contributed by atoms with Gasteiger partial charge in [-0.15, -0.1) is 0 Å². The average molecular weight is 342 g/mol. The summed E-state index contributed by atoms with van der Waals surface area (Å²) in [5, 5.41) is 0. The molecular formula is C12H12BrN3O2S. The molecule has 1 saturated heterocycles. The van der Waals surface area contributed by atoms with Crippen molar-refractivity contribution in [2.45, 2.75) is 6.92 Å². The Kier molecular flexibility index (Phi) is 2.98. The third kappa shape index (κ3) is 2.10. The smallest absolute Gasteiger partial charge is 0.235 e. The molecule has 1 aromatic carbocycles. The van der Waals surface area contributed by atoms with Gasteiger partial charge in [-0.2, -0.15) is 0 Å². The lowest BCUT2D eigenvalue weighted by atomic mass is 10.2. The fourth-order valence-electron chi connectivity index (χ4n) is 2.33. The van der Waals surface area contributed by atoms with Crippen molar-refractivity contribution < 1.29 is 8.42 Å². The van der Waals surface area contributed by atoms with E-state index in [9.17, 15) is 8.42 Å². The molecule has 19 heavy (non-hydrogen) atoms. The molecule has 0 N–H and O–H groups in total. The van der Waals surface area contributed by atoms with Gasteiger partial charge in [0.1, 0.15) is 5.52 Å². The van der Waals surface area contributed by atoms with Crippen LogP contribution in [0.2, 0.25) is 0 Å². The summed E-state index contributed by atoms with van der Waals surface area (Å²) in [5.74, 6) is 0.326. The number of benzene rings is 1. The van der Waals surface area contributed by atoms with Crippen LogP contribution in [0.4, 0.5) is 5.69 Å². The first kappa shape index (κ1) is 12.8. The standard InChI is InChI=1S/C12H12BrN3O2S/c1-8-6-16(19(17,18)7-8)10-3-2-9-12(11(10)13)15-5-4-14-9/h2-5,8H,6-7H2,1H3. The van der Waals surface area contributed by atoms with Gasteiger partial charge in [0.2, 0.25) is 10.0 Å². The second-order valence-electron chi connectivity index (χ2n) is 4.74. The van der Waals surface area contributed by atoms with Gasteiger partial charge in [-0.3, -0.25) is 14.3 Å². The maximum atomic E-state index is 12.1. The number of nitrogens with zero attached hydrogens (tertiary/aromatic N) is 3. The number of aromatic nitrogens is 2. The predicted octanol–water partition coefficient (Wildman–Crippen LogP) is 2.18. The summed E-state index contributed by atoms with van der Waals surface area (Å²) in [6.45, 7) is 2.44. The first-order chi connectivity index (χ1) is 8.99. The highest BCUT2D eigenvalue weighted by molar-refractivity contribution is 9.10. The Bertz CT molecular complexity index is 748. The van der Waals surface area contributed by atoms with Crippen molar-refractivity contribution in [1.29, 1.82) is 0 Å². The van der Waals surface area contributed by atoms with Crippen molar-refractivity contribution in [3.63, 3.8) is 0 Å². The lowest BCUT2D eigenvalue weighted by molar-refractivity contribution is 0.598. The minimum Gasteiger partial charge on any atom is -0.269 e. The summed E-state index contributed by atoms with van der Waals surface area (Å²) >= 11 is 3.45. The van der Waals surface area contributed by atoms with Crippen LogP contribution >= 0.6 is 15.9 Å². The molecule has 1 aromatic heterocycles. The van der Waals surface area contributed by atoms with E-state index in [1.165, 1.54) is 4.31 Å². The molecule has 5 nitrogen and oxygen atoms in total. The number of fused-ring (bicyclic) bond motifs is 1. The summed E-state index contributed by atoms with van der Waals surface area (Å²) in [6, 6.07) is 3.57. The monoisotopic (exact) mass is 341 g/mol. The Labute approximate surface area is 119 Å². The van der Waals surface area contributed by atoms with E-state index in [4.69, 9.17) is 0 Å². The molecule has 1 aliphatic rings. The summed E-state index contributed by atoms with van der Waals surface area (Å²) in [6.07, 6.45) is 3.21. The zero-order valence-corrected chi connectivity index (χ0v) is 12.6. The minimum atomic E-state index is -3.23. The van der Waals surface area contributed by atoms with Crippen LogP contribution in [0.5, 0.6) is 0 Å². The van der Waals surface area contributed by atoms with Gasteiger partial charge in [0, 0.05) is 18.9 Å². The highest BCUT2D eigenvalue weighted by atomic mass is 79.9. The van der Waals surface area contributed by atoms with Crippen LogP contribution in [0.1, 0.15) is 6.92 Å². The van der Waals surface area contributed by atoms with Gasteiger partial charge in [-0.05, 0) is 34.0 Å². The molecule has 1 unspecified atom stereocenters. The van der Waals surface area contributed by atoms with E-state index in [1.807, 2.05) is 6.92 Å². The van der Waals surface area contributed by atoms with Gasteiger partial charge < -0.3 is 0 Å². The van der Waals surface area contributed by atoms with Gasteiger partial charge >= 0.3 is 0 Å². The number of hydrogen-bond acceptors (Lipinski definition) is 4. The van der Waals surface area contributed by atoms with Crippen LogP contribution in [-0.2, 0) is 10.0 Å². The van der Waals surface area contributed by atoms with Crippen molar-refractivity contribution in [2.75, 3.05) is 16.6 Å². The molecule has 0 saturated carbocycles. The molecular weight excluding hydrogens is 330 g/mol. The Hall–Kier alpha value is -1.21. The van der Waals surface area contributed by atoms with Gasteiger partial charge in [0.05, 0.1) is 21.4 Å². The fourth-order valence-corrected chi connectivity index (χ4v) is 5.04. The molecule has 0 spiro atoms. The summed E-state index contributed by atoms with van der Waals surface area (Å²) in [4.78, 5) is 8.45. The van der Waals surface area contributed by atoms with E-state index in [1.54, 1.807) is 24.5 Å². The molecule has 3 rings (SSSR count). The van der Waals surface area contributed by atoms with Crippen LogP contribution in [0.15, 0.2) is 29.0 Å². The maximum absolute atomic E-state index is 12.1. The average Bonchev–Trinajstić information content (AvgIpc) is 2.63. The SMILES string of the molecule is CC1CN(c2ccc3nccnc3c2Br)S(=O)(=O)C1. The Morgan fingerprint density at radius 3 is 2.74 bits per heavy atom. The van der Waals surface area contributed by atoms with Crippen LogP contribution in [0.3, 0.4) is 0 Å². The molecule has 0 amide bonds. The van der Waals surface area contributed by atoms with Crippen LogP contribution in [0, 0.1) is 5.92 Å².